The van der Waals surface area contributed by atoms with Crippen LogP contribution in [-0.2, 0) is 4.79 Å². The summed E-state index contributed by atoms with van der Waals surface area (Å²) in [7, 11) is 1.70. The van der Waals surface area contributed by atoms with Crippen LogP contribution < -0.4 is 0 Å². The molecule has 0 aromatic carbocycles. The molecule has 0 aliphatic heterocycles. The highest BCUT2D eigenvalue weighted by molar-refractivity contribution is 5.93. The Balaban J connectivity index is 2.24. The van der Waals surface area contributed by atoms with Crippen LogP contribution in [-0.4, -0.2) is 39.5 Å². The van der Waals surface area contributed by atoms with Crippen LogP contribution in [0.3, 0.4) is 0 Å². The second-order valence-electron chi connectivity index (χ2n) is 5.43. The molecular formula is C15H20N2O3. The van der Waals surface area contributed by atoms with E-state index in [1.54, 1.807) is 36.3 Å². The van der Waals surface area contributed by atoms with Gasteiger partial charge in [0.05, 0.1) is 12.0 Å². The van der Waals surface area contributed by atoms with Crippen molar-refractivity contribution in [1.82, 2.24) is 9.88 Å². The topological polar surface area (TPSA) is 70.5 Å². The van der Waals surface area contributed by atoms with E-state index >= 15 is 0 Å². The maximum absolute atomic E-state index is 12.5. The number of rotatable bonds is 4. The molecule has 108 valence electrons. The van der Waals surface area contributed by atoms with Crippen molar-refractivity contribution in [2.24, 2.45) is 0 Å². The number of aliphatic carboxylic acids is 1. The Morgan fingerprint density at radius 1 is 1.30 bits per heavy atom. The molecule has 2 rings (SSSR count). The lowest BCUT2D eigenvalue weighted by molar-refractivity contribution is -0.140. The van der Waals surface area contributed by atoms with Crippen molar-refractivity contribution in [3.05, 3.63) is 30.1 Å². The van der Waals surface area contributed by atoms with Crippen LogP contribution >= 0.6 is 0 Å². The van der Waals surface area contributed by atoms with Crippen molar-refractivity contribution in [2.75, 3.05) is 7.05 Å². The van der Waals surface area contributed by atoms with Gasteiger partial charge in [0, 0.05) is 13.2 Å². The Bertz CT molecular complexity index is 481. The molecule has 1 aromatic rings. The minimum absolute atomic E-state index is 0.00206. The summed E-state index contributed by atoms with van der Waals surface area (Å²) in [4.78, 5) is 29.3. The van der Waals surface area contributed by atoms with Crippen LogP contribution in [0.4, 0.5) is 0 Å². The molecule has 5 nitrogen and oxygen atoms in total. The van der Waals surface area contributed by atoms with Crippen molar-refractivity contribution in [2.45, 2.75) is 44.1 Å². The Kier molecular flexibility index (Phi) is 4.37. The minimum atomic E-state index is -0.854. The molecular weight excluding hydrogens is 256 g/mol. The molecule has 0 saturated heterocycles. The highest BCUT2D eigenvalue weighted by atomic mass is 16.4. The quantitative estimate of drug-likeness (QED) is 0.916. The maximum Gasteiger partial charge on any atom is 0.305 e. The Morgan fingerprint density at radius 3 is 2.55 bits per heavy atom. The molecule has 1 fully saturated rings. The van der Waals surface area contributed by atoms with Crippen LogP contribution in [0, 0.1) is 0 Å². The van der Waals surface area contributed by atoms with Crippen molar-refractivity contribution in [1.29, 1.82) is 0 Å². The first kappa shape index (κ1) is 14.5. The number of nitrogens with zero attached hydrogens (tertiary/aromatic N) is 2. The Morgan fingerprint density at radius 2 is 2.00 bits per heavy atom. The molecule has 0 bridgehead atoms. The van der Waals surface area contributed by atoms with Gasteiger partial charge in [-0.3, -0.25) is 14.6 Å². The summed E-state index contributed by atoms with van der Waals surface area (Å²) in [5, 5.41) is 9.18. The third kappa shape index (κ3) is 2.98. The predicted molar refractivity (Wildman–Crippen MR) is 74.4 cm³/mol. The number of pyridine rings is 1. The van der Waals surface area contributed by atoms with E-state index < -0.39 is 11.5 Å². The Labute approximate surface area is 118 Å². The molecule has 1 saturated carbocycles. The lowest BCUT2D eigenvalue weighted by Gasteiger charge is -2.43. The standard InChI is InChI=1S/C15H20N2O3/c1-17(14(20)12-7-3-6-10-16-12)15(11-13(18)19)8-4-2-5-9-15/h3,6-7,10H,2,4-5,8-9,11H2,1H3,(H,18,19). The minimum Gasteiger partial charge on any atom is -0.481 e. The highest BCUT2D eigenvalue weighted by Gasteiger charge is 2.40. The van der Waals surface area contributed by atoms with Gasteiger partial charge in [0.1, 0.15) is 5.69 Å². The van der Waals surface area contributed by atoms with Gasteiger partial charge in [-0.25, -0.2) is 0 Å². The fraction of sp³-hybridized carbons (Fsp3) is 0.533. The molecule has 1 heterocycles. The van der Waals surface area contributed by atoms with Crippen LogP contribution in [0.1, 0.15) is 49.0 Å². The third-order valence-electron chi connectivity index (χ3n) is 4.16. The van der Waals surface area contributed by atoms with E-state index in [0.717, 1.165) is 32.1 Å². The number of hydrogen-bond acceptors (Lipinski definition) is 3. The van der Waals surface area contributed by atoms with E-state index in [1.165, 1.54) is 0 Å². The SMILES string of the molecule is CN(C(=O)c1ccccn1)C1(CC(=O)O)CCCCC1. The van der Waals surface area contributed by atoms with Gasteiger partial charge in [0.2, 0.25) is 0 Å². The van der Waals surface area contributed by atoms with Crippen molar-refractivity contribution < 1.29 is 14.7 Å². The first-order valence-electron chi connectivity index (χ1n) is 6.96. The zero-order chi connectivity index (χ0) is 14.6. The number of hydrogen-bond donors (Lipinski definition) is 1. The normalized spacial score (nSPS) is 17.4. The van der Waals surface area contributed by atoms with Gasteiger partial charge < -0.3 is 10.0 Å². The molecule has 1 amide bonds. The predicted octanol–water partition coefficient (Wildman–Crippen LogP) is 2.33. The molecule has 1 aromatic heterocycles. The number of amides is 1. The van der Waals surface area contributed by atoms with E-state index in [-0.39, 0.29) is 12.3 Å². The zero-order valence-corrected chi connectivity index (χ0v) is 11.7. The number of carbonyl (C=O) groups is 2. The zero-order valence-electron chi connectivity index (χ0n) is 11.7. The van der Waals surface area contributed by atoms with E-state index in [4.69, 9.17) is 0 Å². The molecule has 20 heavy (non-hydrogen) atoms. The smallest absolute Gasteiger partial charge is 0.305 e. The summed E-state index contributed by atoms with van der Waals surface area (Å²) in [5.74, 6) is -1.05. The fourth-order valence-electron chi connectivity index (χ4n) is 3.00. The monoisotopic (exact) mass is 276 g/mol. The van der Waals surface area contributed by atoms with Crippen LogP contribution in [0.5, 0.6) is 0 Å². The molecule has 0 atom stereocenters. The van der Waals surface area contributed by atoms with Crippen molar-refractivity contribution in [3.8, 4) is 0 Å². The van der Waals surface area contributed by atoms with Gasteiger partial charge in [-0.2, -0.15) is 0 Å². The number of carboxylic acids is 1. The van der Waals surface area contributed by atoms with Gasteiger partial charge >= 0.3 is 5.97 Å². The summed E-state index contributed by atoms with van der Waals surface area (Å²) in [6.07, 6.45) is 6.10. The van der Waals surface area contributed by atoms with Gasteiger partial charge in [-0.1, -0.05) is 25.3 Å². The van der Waals surface area contributed by atoms with E-state index in [0.29, 0.717) is 5.69 Å². The molecule has 1 N–H and O–H groups in total. The van der Waals surface area contributed by atoms with E-state index in [9.17, 15) is 14.7 Å². The summed E-state index contributed by atoms with van der Waals surface area (Å²) in [6.45, 7) is 0. The molecule has 0 radical (unpaired) electrons. The first-order chi connectivity index (χ1) is 9.55. The van der Waals surface area contributed by atoms with Gasteiger partial charge in [-0.05, 0) is 25.0 Å². The number of carboxylic acid groups (broad SMARTS) is 1. The van der Waals surface area contributed by atoms with Crippen molar-refractivity contribution >= 4 is 11.9 Å². The van der Waals surface area contributed by atoms with E-state index in [2.05, 4.69) is 4.98 Å². The van der Waals surface area contributed by atoms with Gasteiger partial charge in [-0.15, -0.1) is 0 Å². The van der Waals surface area contributed by atoms with Crippen LogP contribution in [0.15, 0.2) is 24.4 Å². The van der Waals surface area contributed by atoms with Crippen LogP contribution in [0.2, 0.25) is 0 Å². The average Bonchev–Trinajstić information content (AvgIpc) is 2.47. The Hall–Kier alpha value is -1.91. The second kappa shape index (κ2) is 6.03. The maximum atomic E-state index is 12.5. The largest absolute Gasteiger partial charge is 0.481 e. The average molecular weight is 276 g/mol. The number of carbonyl (C=O) groups excluding carboxylic acids is 1. The highest BCUT2D eigenvalue weighted by Crippen LogP contribution is 2.36. The first-order valence-corrected chi connectivity index (χ1v) is 6.96. The van der Waals surface area contributed by atoms with Crippen LogP contribution in [0.25, 0.3) is 0 Å². The van der Waals surface area contributed by atoms with Gasteiger partial charge in [0.15, 0.2) is 0 Å². The molecule has 1 aliphatic carbocycles. The number of aromatic nitrogens is 1. The summed E-state index contributed by atoms with van der Waals surface area (Å²) in [5.41, 5.74) is -0.205. The summed E-state index contributed by atoms with van der Waals surface area (Å²) in [6, 6.07) is 5.18. The molecule has 5 heteroatoms. The molecule has 0 unspecified atom stereocenters. The van der Waals surface area contributed by atoms with Crippen molar-refractivity contribution in [3.63, 3.8) is 0 Å². The van der Waals surface area contributed by atoms with Gasteiger partial charge in [0.25, 0.3) is 5.91 Å². The molecule has 1 aliphatic rings. The summed E-state index contributed by atoms with van der Waals surface area (Å²) >= 11 is 0. The molecule has 0 spiro atoms. The van der Waals surface area contributed by atoms with E-state index in [1.807, 2.05) is 0 Å². The fourth-order valence-corrected chi connectivity index (χ4v) is 3.00. The lowest BCUT2D eigenvalue weighted by atomic mass is 9.78. The summed E-state index contributed by atoms with van der Waals surface area (Å²) < 4.78 is 0. The lowest BCUT2D eigenvalue weighted by Crippen LogP contribution is -2.52. The second-order valence-corrected chi connectivity index (χ2v) is 5.43. The third-order valence-corrected chi connectivity index (χ3v) is 4.16.